The fourth-order valence-corrected chi connectivity index (χ4v) is 4.52. The average molecular weight is 473 g/mol. The molecule has 0 N–H and O–H groups in total. The number of para-hydroxylation sites is 1. The van der Waals surface area contributed by atoms with Crippen LogP contribution >= 0.6 is 11.6 Å². The van der Waals surface area contributed by atoms with Crippen molar-refractivity contribution in [2.45, 2.75) is 6.42 Å². The molecular formula is C27H29ClN6. The molecule has 1 aliphatic heterocycles. The van der Waals surface area contributed by atoms with Crippen molar-refractivity contribution in [3.05, 3.63) is 77.7 Å². The molecule has 0 radical (unpaired) electrons. The van der Waals surface area contributed by atoms with E-state index >= 15 is 0 Å². The minimum atomic E-state index is 0.240. The summed E-state index contributed by atoms with van der Waals surface area (Å²) in [6.45, 7) is 6.63. The van der Waals surface area contributed by atoms with Gasteiger partial charge >= 0.3 is 0 Å². The van der Waals surface area contributed by atoms with Crippen LogP contribution < -0.4 is 0 Å². The van der Waals surface area contributed by atoms with Crippen LogP contribution in [0, 0.1) is 0 Å². The fourth-order valence-electron chi connectivity index (χ4n) is 4.36. The first-order valence-electron chi connectivity index (χ1n) is 11.8. The molecule has 7 heteroatoms. The van der Waals surface area contributed by atoms with Crippen molar-refractivity contribution >= 4 is 28.8 Å². The molecule has 0 saturated carbocycles. The van der Waals surface area contributed by atoms with E-state index in [9.17, 15) is 0 Å². The molecule has 34 heavy (non-hydrogen) atoms. The van der Waals surface area contributed by atoms with E-state index in [-0.39, 0.29) is 5.28 Å². The molecule has 1 fully saturated rings. The molecule has 4 aromatic rings. The molecule has 174 valence electrons. The van der Waals surface area contributed by atoms with E-state index in [2.05, 4.69) is 56.1 Å². The Bertz CT molecular complexity index is 1260. The zero-order chi connectivity index (χ0) is 23.3. The third-order valence-electron chi connectivity index (χ3n) is 6.33. The van der Waals surface area contributed by atoms with Gasteiger partial charge in [-0.2, -0.15) is 4.98 Å². The second-order valence-electron chi connectivity index (χ2n) is 8.76. The Balaban J connectivity index is 1.26. The van der Waals surface area contributed by atoms with Gasteiger partial charge in [0.05, 0.1) is 5.69 Å². The van der Waals surface area contributed by atoms with Gasteiger partial charge in [-0.25, -0.2) is 4.98 Å². The molecule has 0 unspecified atom stereocenters. The van der Waals surface area contributed by atoms with Crippen molar-refractivity contribution < 1.29 is 0 Å². The first-order valence-corrected chi connectivity index (χ1v) is 12.2. The number of hydrogen-bond acceptors (Lipinski definition) is 5. The number of halogens is 1. The van der Waals surface area contributed by atoms with Crippen LogP contribution in [-0.2, 0) is 0 Å². The molecule has 0 aliphatic carbocycles. The van der Waals surface area contributed by atoms with Gasteiger partial charge < -0.3 is 14.4 Å². The Morgan fingerprint density at radius 2 is 1.71 bits per heavy atom. The molecule has 0 atom stereocenters. The van der Waals surface area contributed by atoms with Crippen LogP contribution in [0.5, 0.6) is 0 Å². The van der Waals surface area contributed by atoms with Crippen LogP contribution in [0.3, 0.4) is 0 Å². The normalized spacial score (nSPS) is 15.5. The van der Waals surface area contributed by atoms with E-state index in [1.54, 1.807) is 0 Å². The van der Waals surface area contributed by atoms with Crippen LogP contribution in [0.1, 0.15) is 12.0 Å². The zero-order valence-electron chi connectivity index (χ0n) is 19.4. The molecular weight excluding hydrogens is 444 g/mol. The summed E-state index contributed by atoms with van der Waals surface area (Å²) in [5.74, 6) is 0. The van der Waals surface area contributed by atoms with Gasteiger partial charge in [0.25, 0.3) is 0 Å². The van der Waals surface area contributed by atoms with Gasteiger partial charge in [0.2, 0.25) is 5.28 Å². The number of likely N-dealkylation sites (N-methyl/N-ethyl adjacent to an activating group) is 1. The predicted octanol–water partition coefficient (Wildman–Crippen LogP) is 4.80. The molecule has 2 aromatic carbocycles. The quantitative estimate of drug-likeness (QED) is 0.220. The number of nitrogens with zero attached hydrogens (tertiary/aromatic N) is 6. The lowest BCUT2D eigenvalue weighted by molar-refractivity contribution is 0.153. The SMILES string of the molecule is CN1CCN(CCCN=Cc2ccc(-c3nc(Cl)nc4c3ccn4-c3ccccc3)cc2)CC1. The molecule has 6 nitrogen and oxygen atoms in total. The number of aliphatic imine (C=N–C) groups is 1. The molecule has 5 rings (SSSR count). The summed E-state index contributed by atoms with van der Waals surface area (Å²) in [5, 5.41) is 1.21. The second-order valence-corrected chi connectivity index (χ2v) is 9.09. The third kappa shape index (κ3) is 5.20. The maximum Gasteiger partial charge on any atom is 0.224 e. The predicted molar refractivity (Wildman–Crippen MR) is 140 cm³/mol. The van der Waals surface area contributed by atoms with Crippen molar-refractivity contribution in [2.24, 2.45) is 4.99 Å². The molecule has 1 aliphatic rings. The molecule has 0 amide bonds. The van der Waals surface area contributed by atoms with Gasteiger partial charge in [-0.1, -0.05) is 42.5 Å². The van der Waals surface area contributed by atoms with Gasteiger partial charge in [-0.3, -0.25) is 4.99 Å². The Morgan fingerprint density at radius 1 is 0.941 bits per heavy atom. The van der Waals surface area contributed by atoms with E-state index in [4.69, 9.17) is 11.6 Å². The summed E-state index contributed by atoms with van der Waals surface area (Å²) in [4.78, 5) is 18.6. The largest absolute Gasteiger partial charge is 0.304 e. The van der Waals surface area contributed by atoms with E-state index in [0.717, 1.165) is 79.2 Å². The van der Waals surface area contributed by atoms with Crippen molar-refractivity contribution in [3.63, 3.8) is 0 Å². The molecule has 1 saturated heterocycles. The fraction of sp³-hybridized carbons (Fsp3) is 0.296. The second kappa shape index (κ2) is 10.5. The highest BCUT2D eigenvalue weighted by Crippen LogP contribution is 2.29. The monoisotopic (exact) mass is 472 g/mol. The number of aromatic nitrogens is 3. The molecule has 2 aromatic heterocycles. The van der Waals surface area contributed by atoms with E-state index in [0.29, 0.717) is 0 Å². The van der Waals surface area contributed by atoms with Gasteiger partial charge in [0.1, 0.15) is 5.65 Å². The van der Waals surface area contributed by atoms with Gasteiger partial charge in [-0.05, 0) is 55.4 Å². The minimum absolute atomic E-state index is 0.240. The van der Waals surface area contributed by atoms with E-state index in [1.807, 2.05) is 53.4 Å². The summed E-state index contributed by atoms with van der Waals surface area (Å²) in [6.07, 6.45) is 5.06. The van der Waals surface area contributed by atoms with Crippen LogP contribution in [0.2, 0.25) is 5.28 Å². The van der Waals surface area contributed by atoms with Crippen LogP contribution in [0.4, 0.5) is 0 Å². The molecule has 0 bridgehead atoms. The highest BCUT2D eigenvalue weighted by Gasteiger charge is 2.14. The first kappa shape index (κ1) is 22.7. The summed E-state index contributed by atoms with van der Waals surface area (Å²) in [6, 6.07) is 20.5. The summed E-state index contributed by atoms with van der Waals surface area (Å²) in [7, 11) is 2.19. The smallest absolute Gasteiger partial charge is 0.224 e. The van der Waals surface area contributed by atoms with Gasteiger partial charge in [0.15, 0.2) is 0 Å². The number of piperazine rings is 1. The Labute approximate surface area is 205 Å². The summed E-state index contributed by atoms with van der Waals surface area (Å²) < 4.78 is 2.04. The Morgan fingerprint density at radius 3 is 2.47 bits per heavy atom. The first-order chi connectivity index (χ1) is 16.7. The standard InChI is InChI=1S/C27H29ClN6/c1-32-16-18-33(19-17-32)14-5-13-29-20-21-8-10-22(11-9-21)25-24-12-15-34(23-6-3-2-4-7-23)26(24)31-27(28)30-25/h2-4,6-12,15,20H,5,13-14,16-19H2,1H3. The molecule has 0 spiro atoms. The van der Waals surface area contributed by atoms with Crippen LogP contribution in [0.15, 0.2) is 71.9 Å². The van der Waals surface area contributed by atoms with Crippen LogP contribution in [0.25, 0.3) is 28.0 Å². The Kier molecular flexibility index (Phi) is 7.00. The average Bonchev–Trinajstić information content (AvgIpc) is 3.29. The lowest BCUT2D eigenvalue weighted by Gasteiger charge is -2.32. The highest BCUT2D eigenvalue weighted by atomic mass is 35.5. The third-order valence-corrected chi connectivity index (χ3v) is 6.50. The number of benzene rings is 2. The zero-order valence-corrected chi connectivity index (χ0v) is 20.2. The van der Waals surface area contributed by atoms with Crippen molar-refractivity contribution in [1.29, 1.82) is 0 Å². The number of hydrogen-bond donors (Lipinski definition) is 0. The van der Waals surface area contributed by atoms with Crippen molar-refractivity contribution in [2.75, 3.05) is 46.3 Å². The molecule has 3 heterocycles. The van der Waals surface area contributed by atoms with Gasteiger partial charge in [0, 0.05) is 61.8 Å². The topological polar surface area (TPSA) is 49.6 Å². The van der Waals surface area contributed by atoms with Crippen LogP contribution in [-0.4, -0.2) is 76.9 Å². The van der Waals surface area contributed by atoms with Crippen molar-refractivity contribution in [1.82, 2.24) is 24.3 Å². The lowest BCUT2D eigenvalue weighted by atomic mass is 10.1. The maximum atomic E-state index is 6.32. The van der Waals surface area contributed by atoms with Crippen molar-refractivity contribution in [3.8, 4) is 16.9 Å². The highest BCUT2D eigenvalue weighted by molar-refractivity contribution is 6.28. The summed E-state index contributed by atoms with van der Waals surface area (Å²) >= 11 is 6.32. The lowest BCUT2D eigenvalue weighted by Crippen LogP contribution is -2.44. The summed E-state index contributed by atoms with van der Waals surface area (Å²) in [5.41, 5.74) is 4.76. The number of fused-ring (bicyclic) bond motifs is 1. The minimum Gasteiger partial charge on any atom is -0.304 e. The van der Waals surface area contributed by atoms with E-state index in [1.165, 1.54) is 0 Å². The maximum absolute atomic E-state index is 6.32. The Hall–Kier alpha value is -3.06. The number of rotatable bonds is 7. The van der Waals surface area contributed by atoms with Gasteiger partial charge in [-0.15, -0.1) is 0 Å². The van der Waals surface area contributed by atoms with E-state index < -0.39 is 0 Å².